The average Bonchev–Trinajstić information content (AvgIpc) is 2.77. The second kappa shape index (κ2) is 5.57. The fourth-order valence-corrected chi connectivity index (χ4v) is 2.78. The molecule has 0 radical (unpaired) electrons. The van der Waals surface area contributed by atoms with Crippen LogP contribution in [0.5, 0.6) is 0 Å². The minimum atomic E-state index is 0.119. The number of carbonyl (C=O) groups is 1. The van der Waals surface area contributed by atoms with E-state index >= 15 is 0 Å². The van der Waals surface area contributed by atoms with E-state index in [-0.39, 0.29) is 5.91 Å². The Labute approximate surface area is 105 Å². The van der Waals surface area contributed by atoms with E-state index in [9.17, 15) is 4.79 Å². The van der Waals surface area contributed by atoms with Crippen LogP contribution >= 0.6 is 11.3 Å². The number of nitrogens with one attached hydrogen (secondary N) is 1. The van der Waals surface area contributed by atoms with Gasteiger partial charge in [-0.1, -0.05) is 0 Å². The standard InChI is InChI=1S/C11H18N4OS/c1-14(2)8-10-13-7-9(17-10)11(16)15-5-3-12-4-6-15/h7,12H,3-6,8H2,1-2H3. The van der Waals surface area contributed by atoms with Crippen LogP contribution in [0.15, 0.2) is 6.20 Å². The maximum Gasteiger partial charge on any atom is 0.265 e. The number of hydrogen-bond donors (Lipinski definition) is 1. The van der Waals surface area contributed by atoms with E-state index < -0.39 is 0 Å². The van der Waals surface area contributed by atoms with Crippen molar-refractivity contribution in [2.24, 2.45) is 0 Å². The van der Waals surface area contributed by atoms with Crippen LogP contribution in [-0.4, -0.2) is 61.0 Å². The number of rotatable bonds is 3. The van der Waals surface area contributed by atoms with E-state index in [0.717, 1.165) is 42.6 Å². The highest BCUT2D eigenvalue weighted by atomic mass is 32.1. The number of aromatic nitrogens is 1. The summed E-state index contributed by atoms with van der Waals surface area (Å²) in [4.78, 5) is 21.1. The third-order valence-electron chi connectivity index (χ3n) is 2.62. The van der Waals surface area contributed by atoms with Crippen LogP contribution in [0.4, 0.5) is 0 Å². The maximum absolute atomic E-state index is 12.2. The Morgan fingerprint density at radius 3 is 2.88 bits per heavy atom. The van der Waals surface area contributed by atoms with Crippen molar-refractivity contribution in [1.82, 2.24) is 20.1 Å². The molecule has 0 unspecified atom stereocenters. The Kier molecular flexibility index (Phi) is 4.09. The van der Waals surface area contributed by atoms with Crippen LogP contribution in [-0.2, 0) is 6.54 Å². The molecule has 0 saturated carbocycles. The highest BCUT2D eigenvalue weighted by Gasteiger charge is 2.20. The predicted octanol–water partition coefficient (Wildman–Crippen LogP) is 0.250. The van der Waals surface area contributed by atoms with E-state index in [2.05, 4.69) is 15.2 Å². The Balaban J connectivity index is 2.01. The van der Waals surface area contributed by atoms with Gasteiger partial charge >= 0.3 is 0 Å². The second-order valence-electron chi connectivity index (χ2n) is 4.40. The summed E-state index contributed by atoms with van der Waals surface area (Å²) in [5, 5.41) is 4.23. The van der Waals surface area contributed by atoms with Crippen LogP contribution in [0, 0.1) is 0 Å². The molecule has 2 heterocycles. The Hall–Kier alpha value is -0.980. The normalized spacial score (nSPS) is 16.5. The van der Waals surface area contributed by atoms with Crippen LogP contribution in [0.1, 0.15) is 14.7 Å². The molecule has 2 rings (SSSR count). The van der Waals surface area contributed by atoms with Gasteiger partial charge in [-0.05, 0) is 14.1 Å². The van der Waals surface area contributed by atoms with E-state index in [4.69, 9.17) is 0 Å². The molecule has 1 fully saturated rings. The van der Waals surface area contributed by atoms with Crippen LogP contribution in [0.3, 0.4) is 0 Å². The molecule has 17 heavy (non-hydrogen) atoms. The summed E-state index contributed by atoms with van der Waals surface area (Å²) < 4.78 is 0. The fourth-order valence-electron chi connectivity index (χ4n) is 1.78. The number of hydrogen-bond acceptors (Lipinski definition) is 5. The molecule has 1 aromatic heterocycles. The molecular formula is C11H18N4OS. The van der Waals surface area contributed by atoms with E-state index in [1.54, 1.807) is 6.20 Å². The van der Waals surface area contributed by atoms with Gasteiger partial charge in [0.15, 0.2) is 0 Å². The summed E-state index contributed by atoms with van der Waals surface area (Å²) in [5.41, 5.74) is 0. The molecule has 94 valence electrons. The van der Waals surface area contributed by atoms with Gasteiger partial charge in [0.05, 0.1) is 6.20 Å². The topological polar surface area (TPSA) is 48.5 Å². The monoisotopic (exact) mass is 254 g/mol. The SMILES string of the molecule is CN(C)Cc1ncc(C(=O)N2CCNCC2)s1. The van der Waals surface area contributed by atoms with Gasteiger partial charge in [-0.2, -0.15) is 0 Å². The van der Waals surface area contributed by atoms with Gasteiger partial charge in [-0.15, -0.1) is 11.3 Å². The molecule has 0 atom stereocenters. The van der Waals surface area contributed by atoms with Crippen LogP contribution in [0.2, 0.25) is 0 Å². The molecular weight excluding hydrogens is 236 g/mol. The first-order valence-electron chi connectivity index (χ1n) is 5.76. The third kappa shape index (κ3) is 3.24. The van der Waals surface area contributed by atoms with Crippen molar-refractivity contribution < 1.29 is 4.79 Å². The molecule has 1 aliphatic rings. The molecule has 5 nitrogen and oxygen atoms in total. The van der Waals surface area contributed by atoms with Crippen LogP contribution < -0.4 is 5.32 Å². The highest BCUT2D eigenvalue weighted by Crippen LogP contribution is 2.16. The van der Waals surface area contributed by atoms with Gasteiger partial charge in [-0.3, -0.25) is 4.79 Å². The fraction of sp³-hybridized carbons (Fsp3) is 0.636. The summed E-state index contributed by atoms with van der Waals surface area (Å²) in [7, 11) is 4.00. The summed E-state index contributed by atoms with van der Waals surface area (Å²) in [6.45, 7) is 4.14. The molecule has 1 amide bonds. The largest absolute Gasteiger partial charge is 0.335 e. The number of thiazole rings is 1. The lowest BCUT2D eigenvalue weighted by Gasteiger charge is -2.26. The highest BCUT2D eigenvalue weighted by molar-refractivity contribution is 7.13. The quantitative estimate of drug-likeness (QED) is 0.840. The first-order chi connectivity index (χ1) is 8.16. The van der Waals surface area contributed by atoms with Crippen molar-refractivity contribution in [3.63, 3.8) is 0 Å². The van der Waals surface area contributed by atoms with Gasteiger partial charge in [0.1, 0.15) is 9.88 Å². The van der Waals surface area contributed by atoms with Crippen molar-refractivity contribution in [3.8, 4) is 0 Å². The molecule has 6 heteroatoms. The lowest BCUT2D eigenvalue weighted by atomic mass is 10.3. The van der Waals surface area contributed by atoms with E-state index in [1.165, 1.54) is 11.3 Å². The van der Waals surface area contributed by atoms with Gasteiger partial charge < -0.3 is 15.1 Å². The first kappa shape index (κ1) is 12.5. The lowest BCUT2D eigenvalue weighted by Crippen LogP contribution is -2.46. The van der Waals surface area contributed by atoms with Crippen LogP contribution in [0.25, 0.3) is 0 Å². The average molecular weight is 254 g/mol. The zero-order valence-corrected chi connectivity index (χ0v) is 11.1. The summed E-state index contributed by atoms with van der Waals surface area (Å²) in [6.07, 6.45) is 1.70. The van der Waals surface area contributed by atoms with Crippen molar-refractivity contribution in [1.29, 1.82) is 0 Å². The zero-order valence-electron chi connectivity index (χ0n) is 10.3. The lowest BCUT2D eigenvalue weighted by molar-refractivity contribution is 0.0740. The Morgan fingerprint density at radius 2 is 2.24 bits per heavy atom. The molecule has 0 aliphatic carbocycles. The Bertz CT molecular complexity index is 385. The van der Waals surface area contributed by atoms with Crippen molar-refractivity contribution in [3.05, 3.63) is 16.1 Å². The van der Waals surface area contributed by atoms with Gasteiger partial charge in [-0.25, -0.2) is 4.98 Å². The third-order valence-corrected chi connectivity index (χ3v) is 3.59. The summed E-state index contributed by atoms with van der Waals surface area (Å²) >= 11 is 1.50. The number of carbonyl (C=O) groups excluding carboxylic acids is 1. The zero-order chi connectivity index (χ0) is 12.3. The van der Waals surface area contributed by atoms with E-state index in [0.29, 0.717) is 0 Å². The summed E-state index contributed by atoms with van der Waals surface area (Å²) in [6, 6.07) is 0. The van der Waals surface area contributed by atoms with E-state index in [1.807, 2.05) is 19.0 Å². The maximum atomic E-state index is 12.2. The van der Waals surface area contributed by atoms with Gasteiger partial charge in [0, 0.05) is 32.7 Å². The molecule has 1 N–H and O–H groups in total. The molecule has 1 aliphatic heterocycles. The molecule has 0 spiro atoms. The minimum absolute atomic E-state index is 0.119. The number of amides is 1. The number of nitrogens with zero attached hydrogens (tertiary/aromatic N) is 3. The first-order valence-corrected chi connectivity index (χ1v) is 6.58. The second-order valence-corrected chi connectivity index (χ2v) is 5.51. The smallest absolute Gasteiger partial charge is 0.265 e. The summed E-state index contributed by atoms with van der Waals surface area (Å²) in [5.74, 6) is 0.119. The molecule has 0 aromatic carbocycles. The van der Waals surface area contributed by atoms with Gasteiger partial charge in [0.2, 0.25) is 0 Å². The Morgan fingerprint density at radius 1 is 1.53 bits per heavy atom. The van der Waals surface area contributed by atoms with Crippen molar-refractivity contribution in [2.45, 2.75) is 6.54 Å². The van der Waals surface area contributed by atoms with Gasteiger partial charge in [0.25, 0.3) is 5.91 Å². The van der Waals surface area contributed by atoms with Crippen molar-refractivity contribution >= 4 is 17.2 Å². The molecule has 1 aromatic rings. The molecule has 0 bridgehead atoms. The van der Waals surface area contributed by atoms with Crippen molar-refractivity contribution in [2.75, 3.05) is 40.3 Å². The predicted molar refractivity (Wildman–Crippen MR) is 68.3 cm³/mol. The molecule has 1 saturated heterocycles. The minimum Gasteiger partial charge on any atom is -0.335 e. The number of piperazine rings is 1.